The third-order valence-corrected chi connectivity index (χ3v) is 5.22. The predicted molar refractivity (Wildman–Crippen MR) is 79.6 cm³/mol. The van der Waals surface area contributed by atoms with Crippen molar-refractivity contribution in [2.45, 2.75) is 31.2 Å². The monoisotopic (exact) mass is 318 g/mol. The lowest BCUT2D eigenvalue weighted by Crippen LogP contribution is -2.45. The van der Waals surface area contributed by atoms with Crippen LogP contribution in [-0.4, -0.2) is 41.0 Å². The minimum Gasteiger partial charge on any atom is -0.330 e. The van der Waals surface area contributed by atoms with Gasteiger partial charge in [-0.15, -0.1) is 0 Å². The van der Waals surface area contributed by atoms with Crippen molar-refractivity contribution >= 4 is 10.0 Å². The zero-order valence-electron chi connectivity index (χ0n) is 12.7. The maximum atomic E-state index is 12.7. The van der Waals surface area contributed by atoms with Crippen molar-refractivity contribution in [1.82, 2.24) is 13.4 Å². The smallest absolute Gasteiger partial charge is 0.330 e. The van der Waals surface area contributed by atoms with E-state index in [4.69, 9.17) is 5.73 Å². The molecule has 0 saturated heterocycles. The summed E-state index contributed by atoms with van der Waals surface area (Å²) in [6.07, 6.45) is 1.56. The number of nitrogens with two attached hydrogens (primary N) is 1. The van der Waals surface area contributed by atoms with Gasteiger partial charge in [0.2, 0.25) is 10.0 Å². The Hall–Kier alpha value is -1.45. The molecule has 1 aromatic rings. The molecule has 0 unspecified atom stereocenters. The minimum absolute atomic E-state index is 0.225. The van der Waals surface area contributed by atoms with Crippen molar-refractivity contribution in [2.75, 3.05) is 13.1 Å². The molecule has 120 valence electrons. The van der Waals surface area contributed by atoms with Gasteiger partial charge in [-0.3, -0.25) is 9.36 Å². The van der Waals surface area contributed by atoms with Crippen LogP contribution in [-0.2, 0) is 24.1 Å². The Bertz CT molecular complexity index is 718. The molecule has 0 atom stereocenters. The summed E-state index contributed by atoms with van der Waals surface area (Å²) in [6.45, 7) is 4.02. The molecule has 0 aromatic carbocycles. The highest BCUT2D eigenvalue weighted by Crippen LogP contribution is 2.14. The molecule has 0 saturated carbocycles. The molecule has 1 rings (SSSR count). The van der Waals surface area contributed by atoms with Crippen LogP contribution in [0.2, 0.25) is 0 Å². The van der Waals surface area contributed by atoms with E-state index in [-0.39, 0.29) is 12.6 Å². The number of nitrogens with zero attached hydrogens (tertiary/aromatic N) is 3. The molecule has 0 bridgehead atoms. The standard InChI is InChI=1S/C12H22N4O4S/c1-9(2)16(7-5-6-13)21(19,20)10-8-14(3)12(18)15(4)11(10)17/h8-9H,5-7,13H2,1-4H3. The summed E-state index contributed by atoms with van der Waals surface area (Å²) in [7, 11) is -1.32. The van der Waals surface area contributed by atoms with Crippen LogP contribution in [0.3, 0.4) is 0 Å². The van der Waals surface area contributed by atoms with Gasteiger partial charge in [-0.2, -0.15) is 4.31 Å². The average molecular weight is 318 g/mol. The molecule has 2 N–H and O–H groups in total. The quantitative estimate of drug-likeness (QED) is 0.711. The highest BCUT2D eigenvalue weighted by Gasteiger charge is 2.30. The van der Waals surface area contributed by atoms with Crippen LogP contribution in [0.4, 0.5) is 0 Å². The Kier molecular flexibility index (Phi) is 5.48. The highest BCUT2D eigenvalue weighted by molar-refractivity contribution is 7.89. The lowest BCUT2D eigenvalue weighted by atomic mass is 10.3. The summed E-state index contributed by atoms with van der Waals surface area (Å²) in [4.78, 5) is 23.3. The first-order valence-electron chi connectivity index (χ1n) is 6.63. The van der Waals surface area contributed by atoms with Gasteiger partial charge in [-0.05, 0) is 26.8 Å². The van der Waals surface area contributed by atoms with Crippen LogP contribution >= 0.6 is 0 Å². The molecular formula is C12H22N4O4S. The first kappa shape index (κ1) is 17.6. The second-order valence-corrected chi connectivity index (χ2v) is 6.96. The average Bonchev–Trinajstić information content (AvgIpc) is 2.40. The van der Waals surface area contributed by atoms with Crippen molar-refractivity contribution in [3.8, 4) is 0 Å². The summed E-state index contributed by atoms with van der Waals surface area (Å²) in [5.41, 5.74) is 4.03. The van der Waals surface area contributed by atoms with Gasteiger partial charge < -0.3 is 10.3 Å². The van der Waals surface area contributed by atoms with Gasteiger partial charge in [0.1, 0.15) is 0 Å². The molecule has 0 radical (unpaired) electrons. The summed E-state index contributed by atoms with van der Waals surface area (Å²) in [5.74, 6) is 0. The van der Waals surface area contributed by atoms with Crippen LogP contribution in [0.1, 0.15) is 20.3 Å². The fraction of sp³-hybridized carbons (Fsp3) is 0.667. The topological polar surface area (TPSA) is 107 Å². The van der Waals surface area contributed by atoms with Crippen LogP contribution in [0.15, 0.2) is 20.7 Å². The van der Waals surface area contributed by atoms with Gasteiger partial charge in [0.05, 0.1) is 0 Å². The number of aromatic nitrogens is 2. The lowest BCUT2D eigenvalue weighted by molar-refractivity contribution is 0.350. The summed E-state index contributed by atoms with van der Waals surface area (Å²) in [6, 6.07) is -0.316. The van der Waals surface area contributed by atoms with Gasteiger partial charge >= 0.3 is 5.69 Å². The molecule has 21 heavy (non-hydrogen) atoms. The van der Waals surface area contributed by atoms with E-state index >= 15 is 0 Å². The van der Waals surface area contributed by atoms with Crippen molar-refractivity contribution < 1.29 is 8.42 Å². The third-order valence-electron chi connectivity index (χ3n) is 3.16. The fourth-order valence-corrected chi connectivity index (χ4v) is 3.81. The van der Waals surface area contributed by atoms with E-state index in [1.807, 2.05) is 0 Å². The number of aryl methyl sites for hydroxylation is 1. The predicted octanol–water partition coefficient (Wildman–Crippen LogP) is -1.17. The number of rotatable bonds is 6. The van der Waals surface area contributed by atoms with E-state index in [1.165, 1.54) is 18.4 Å². The van der Waals surface area contributed by atoms with E-state index in [1.54, 1.807) is 13.8 Å². The lowest BCUT2D eigenvalue weighted by Gasteiger charge is -2.25. The van der Waals surface area contributed by atoms with Gasteiger partial charge in [0.25, 0.3) is 5.56 Å². The summed E-state index contributed by atoms with van der Waals surface area (Å²) < 4.78 is 28.4. The van der Waals surface area contributed by atoms with Crippen LogP contribution in [0, 0.1) is 0 Å². The van der Waals surface area contributed by atoms with E-state index < -0.39 is 26.2 Å². The van der Waals surface area contributed by atoms with Gasteiger partial charge in [0.15, 0.2) is 4.90 Å². The van der Waals surface area contributed by atoms with Crippen molar-refractivity contribution in [3.05, 3.63) is 27.0 Å². The molecule has 9 heteroatoms. The Morgan fingerprint density at radius 3 is 2.33 bits per heavy atom. The maximum absolute atomic E-state index is 12.7. The number of hydrogen-bond donors (Lipinski definition) is 1. The Labute approximate surface area is 123 Å². The highest BCUT2D eigenvalue weighted by atomic mass is 32.2. The van der Waals surface area contributed by atoms with E-state index in [0.717, 1.165) is 15.3 Å². The molecular weight excluding hydrogens is 296 g/mol. The Morgan fingerprint density at radius 1 is 1.29 bits per heavy atom. The van der Waals surface area contributed by atoms with Crippen molar-refractivity contribution in [1.29, 1.82) is 0 Å². The summed E-state index contributed by atoms with van der Waals surface area (Å²) in [5, 5.41) is 0. The van der Waals surface area contributed by atoms with Gasteiger partial charge in [0, 0.05) is 32.9 Å². The molecule has 0 aliphatic rings. The largest absolute Gasteiger partial charge is 0.330 e. The zero-order chi connectivity index (χ0) is 16.4. The molecule has 1 heterocycles. The van der Waals surface area contributed by atoms with Crippen LogP contribution in [0.25, 0.3) is 0 Å². The second-order valence-electron chi connectivity index (χ2n) is 5.10. The first-order valence-corrected chi connectivity index (χ1v) is 8.07. The first-order chi connectivity index (χ1) is 9.64. The van der Waals surface area contributed by atoms with Gasteiger partial charge in [-0.1, -0.05) is 0 Å². The van der Waals surface area contributed by atoms with Crippen molar-refractivity contribution in [3.63, 3.8) is 0 Å². The Balaban J connectivity index is 3.49. The molecule has 0 aliphatic heterocycles. The number of hydrogen-bond acceptors (Lipinski definition) is 5. The second kappa shape index (κ2) is 6.54. The van der Waals surface area contributed by atoms with Gasteiger partial charge in [-0.25, -0.2) is 13.2 Å². The molecule has 1 aromatic heterocycles. The maximum Gasteiger partial charge on any atom is 0.330 e. The molecule has 0 fully saturated rings. The third kappa shape index (κ3) is 3.42. The number of sulfonamides is 1. The van der Waals surface area contributed by atoms with E-state index in [2.05, 4.69) is 0 Å². The van der Waals surface area contributed by atoms with Crippen LogP contribution < -0.4 is 17.0 Å². The molecule has 0 aliphatic carbocycles. The minimum atomic E-state index is -3.98. The normalized spacial score (nSPS) is 12.3. The zero-order valence-corrected chi connectivity index (χ0v) is 13.6. The molecule has 0 amide bonds. The fourth-order valence-electron chi connectivity index (χ4n) is 1.98. The van der Waals surface area contributed by atoms with Crippen molar-refractivity contribution in [2.24, 2.45) is 19.8 Å². The SMILES string of the molecule is CC(C)N(CCCN)S(=O)(=O)c1cn(C)c(=O)n(C)c1=O. The molecule has 8 nitrogen and oxygen atoms in total. The van der Waals surface area contributed by atoms with Crippen LogP contribution in [0.5, 0.6) is 0 Å². The van der Waals surface area contributed by atoms with E-state index in [0.29, 0.717) is 13.0 Å². The summed E-state index contributed by atoms with van der Waals surface area (Å²) >= 11 is 0. The molecule has 0 spiro atoms. The van der Waals surface area contributed by atoms with E-state index in [9.17, 15) is 18.0 Å². The Morgan fingerprint density at radius 2 is 1.86 bits per heavy atom.